The maximum absolute atomic E-state index is 5.94. The van der Waals surface area contributed by atoms with E-state index in [-0.39, 0.29) is 0 Å². The van der Waals surface area contributed by atoms with Crippen molar-refractivity contribution in [2.24, 2.45) is 0 Å². The summed E-state index contributed by atoms with van der Waals surface area (Å²) in [6, 6.07) is 8.18. The predicted molar refractivity (Wildman–Crippen MR) is 79.3 cm³/mol. The fourth-order valence-corrected chi connectivity index (χ4v) is 2.55. The molecule has 2 heterocycles. The molecule has 0 aliphatic carbocycles. The Morgan fingerprint density at radius 1 is 1.05 bits per heavy atom. The molecular formula is C15H15ClN4. The topological polar surface area (TPSA) is 43.1 Å². The van der Waals surface area contributed by atoms with E-state index in [2.05, 4.69) is 47.2 Å². The molecule has 0 N–H and O–H groups in total. The van der Waals surface area contributed by atoms with E-state index in [9.17, 15) is 0 Å². The highest BCUT2D eigenvalue weighted by Gasteiger charge is 2.10. The Labute approximate surface area is 122 Å². The van der Waals surface area contributed by atoms with E-state index in [0.29, 0.717) is 5.15 Å². The highest BCUT2D eigenvalue weighted by molar-refractivity contribution is 6.29. The number of hydrogen-bond donors (Lipinski definition) is 0. The average Bonchev–Trinajstić information content (AvgIpc) is 2.77. The van der Waals surface area contributed by atoms with Crippen LogP contribution in [0.25, 0.3) is 5.65 Å². The number of aryl methyl sites for hydroxylation is 3. The number of benzene rings is 1. The van der Waals surface area contributed by atoms with E-state index < -0.39 is 0 Å². The molecule has 0 amide bonds. The highest BCUT2D eigenvalue weighted by Crippen LogP contribution is 2.16. The lowest BCUT2D eigenvalue weighted by molar-refractivity contribution is 0.884. The van der Waals surface area contributed by atoms with E-state index in [1.54, 1.807) is 6.07 Å². The lowest BCUT2D eigenvalue weighted by atomic mass is 10.0. The molecule has 1 aromatic carbocycles. The van der Waals surface area contributed by atoms with Crippen LogP contribution >= 0.6 is 11.6 Å². The minimum atomic E-state index is 0.445. The first-order valence-electron chi connectivity index (χ1n) is 6.48. The molecule has 0 unspecified atom stereocenters. The Morgan fingerprint density at radius 2 is 1.85 bits per heavy atom. The molecule has 0 fully saturated rings. The van der Waals surface area contributed by atoms with Crippen LogP contribution in [0.4, 0.5) is 0 Å². The predicted octanol–water partition coefficient (Wildman–Crippen LogP) is 3.29. The molecule has 0 aliphatic rings. The fourth-order valence-electron chi connectivity index (χ4n) is 2.33. The van der Waals surface area contributed by atoms with Crippen LogP contribution in [0.5, 0.6) is 0 Å². The minimum Gasteiger partial charge on any atom is -0.266 e. The first kappa shape index (κ1) is 13.1. The summed E-state index contributed by atoms with van der Waals surface area (Å²) in [6.45, 7) is 6.14. The van der Waals surface area contributed by atoms with Crippen molar-refractivity contribution < 1.29 is 0 Å². The summed E-state index contributed by atoms with van der Waals surface area (Å²) >= 11 is 5.94. The van der Waals surface area contributed by atoms with Gasteiger partial charge in [0.25, 0.3) is 0 Å². The van der Waals surface area contributed by atoms with Crippen molar-refractivity contribution in [3.8, 4) is 0 Å². The SMILES string of the molecule is Cc1ccc(Cc2nnc3cc(Cl)nc(C)n23)cc1C. The van der Waals surface area contributed by atoms with Crippen LogP contribution in [0.1, 0.15) is 28.3 Å². The third kappa shape index (κ3) is 2.27. The summed E-state index contributed by atoms with van der Waals surface area (Å²) in [5.41, 5.74) is 4.54. The van der Waals surface area contributed by atoms with Crippen LogP contribution in [-0.4, -0.2) is 19.6 Å². The second kappa shape index (κ2) is 4.87. The Morgan fingerprint density at radius 3 is 2.60 bits per heavy atom. The van der Waals surface area contributed by atoms with Gasteiger partial charge in [-0.3, -0.25) is 4.40 Å². The minimum absolute atomic E-state index is 0.445. The van der Waals surface area contributed by atoms with Gasteiger partial charge in [-0.25, -0.2) is 4.98 Å². The van der Waals surface area contributed by atoms with Crippen LogP contribution in [0.15, 0.2) is 24.3 Å². The van der Waals surface area contributed by atoms with Gasteiger partial charge >= 0.3 is 0 Å². The van der Waals surface area contributed by atoms with Crippen molar-refractivity contribution in [2.75, 3.05) is 0 Å². The third-order valence-corrected chi connectivity index (χ3v) is 3.72. The van der Waals surface area contributed by atoms with Gasteiger partial charge in [-0.15, -0.1) is 10.2 Å². The standard InChI is InChI=1S/C15H15ClN4/c1-9-4-5-12(6-10(9)2)7-14-18-19-15-8-13(16)17-11(3)20(14)15/h4-6,8H,7H2,1-3H3. The second-order valence-corrected chi connectivity index (χ2v) is 5.42. The van der Waals surface area contributed by atoms with Crippen LogP contribution in [0.2, 0.25) is 5.15 Å². The first-order valence-corrected chi connectivity index (χ1v) is 6.85. The molecule has 0 bridgehead atoms. The molecule has 4 nitrogen and oxygen atoms in total. The zero-order chi connectivity index (χ0) is 14.3. The fraction of sp³-hybridized carbons (Fsp3) is 0.267. The third-order valence-electron chi connectivity index (χ3n) is 3.53. The van der Waals surface area contributed by atoms with Crippen molar-refractivity contribution in [2.45, 2.75) is 27.2 Å². The largest absolute Gasteiger partial charge is 0.266 e. The van der Waals surface area contributed by atoms with E-state index in [4.69, 9.17) is 11.6 Å². The van der Waals surface area contributed by atoms with E-state index in [1.807, 2.05) is 11.3 Å². The van der Waals surface area contributed by atoms with E-state index in [0.717, 1.165) is 23.7 Å². The first-order chi connectivity index (χ1) is 9.54. The zero-order valence-electron chi connectivity index (χ0n) is 11.7. The number of halogens is 1. The Balaban J connectivity index is 2.04. The van der Waals surface area contributed by atoms with Crippen molar-refractivity contribution in [3.63, 3.8) is 0 Å². The van der Waals surface area contributed by atoms with Crippen LogP contribution in [0, 0.1) is 20.8 Å². The summed E-state index contributed by atoms with van der Waals surface area (Å²) in [4.78, 5) is 4.26. The number of aromatic nitrogens is 4. The zero-order valence-corrected chi connectivity index (χ0v) is 12.4. The molecule has 0 aliphatic heterocycles. The van der Waals surface area contributed by atoms with Crippen LogP contribution in [-0.2, 0) is 6.42 Å². The van der Waals surface area contributed by atoms with Gasteiger partial charge in [0, 0.05) is 12.5 Å². The maximum Gasteiger partial charge on any atom is 0.165 e. The van der Waals surface area contributed by atoms with Gasteiger partial charge in [0.15, 0.2) is 5.65 Å². The lowest BCUT2D eigenvalue weighted by Gasteiger charge is -2.06. The quantitative estimate of drug-likeness (QED) is 0.679. The van der Waals surface area contributed by atoms with Crippen molar-refractivity contribution in [1.82, 2.24) is 19.6 Å². The van der Waals surface area contributed by atoms with Gasteiger partial charge in [0.2, 0.25) is 0 Å². The molecule has 0 radical (unpaired) electrons. The molecular weight excluding hydrogens is 272 g/mol. The number of nitrogens with zero attached hydrogens (tertiary/aromatic N) is 4. The van der Waals surface area contributed by atoms with Crippen LogP contribution in [0.3, 0.4) is 0 Å². The average molecular weight is 287 g/mol. The summed E-state index contributed by atoms with van der Waals surface area (Å²) in [7, 11) is 0. The summed E-state index contributed by atoms with van der Waals surface area (Å²) < 4.78 is 1.95. The number of rotatable bonds is 2. The Bertz CT molecular complexity index is 792. The monoisotopic (exact) mass is 286 g/mol. The van der Waals surface area contributed by atoms with Gasteiger partial charge < -0.3 is 0 Å². The number of hydrogen-bond acceptors (Lipinski definition) is 3. The maximum atomic E-state index is 5.94. The molecule has 3 rings (SSSR count). The van der Waals surface area contributed by atoms with Gasteiger partial charge in [-0.05, 0) is 37.5 Å². The van der Waals surface area contributed by atoms with Gasteiger partial charge in [-0.2, -0.15) is 0 Å². The summed E-state index contributed by atoms with van der Waals surface area (Å²) in [5, 5.41) is 8.87. The summed E-state index contributed by atoms with van der Waals surface area (Å²) in [5.74, 6) is 1.68. The molecule has 0 atom stereocenters. The lowest BCUT2D eigenvalue weighted by Crippen LogP contribution is -2.02. The summed E-state index contributed by atoms with van der Waals surface area (Å²) in [6.07, 6.45) is 0.729. The molecule has 5 heteroatoms. The van der Waals surface area contributed by atoms with Gasteiger partial charge in [-0.1, -0.05) is 29.8 Å². The highest BCUT2D eigenvalue weighted by atomic mass is 35.5. The van der Waals surface area contributed by atoms with E-state index in [1.165, 1.54) is 16.7 Å². The van der Waals surface area contributed by atoms with Gasteiger partial charge in [0.05, 0.1) is 0 Å². The normalized spacial score (nSPS) is 11.2. The van der Waals surface area contributed by atoms with Crippen molar-refractivity contribution >= 4 is 17.2 Å². The molecule has 0 saturated carbocycles. The molecule has 20 heavy (non-hydrogen) atoms. The van der Waals surface area contributed by atoms with Crippen LogP contribution < -0.4 is 0 Å². The van der Waals surface area contributed by atoms with Crippen molar-refractivity contribution in [3.05, 3.63) is 57.8 Å². The van der Waals surface area contributed by atoms with Gasteiger partial charge in [0.1, 0.15) is 16.8 Å². The second-order valence-electron chi connectivity index (χ2n) is 5.03. The molecule has 0 spiro atoms. The smallest absolute Gasteiger partial charge is 0.165 e. The molecule has 3 aromatic rings. The molecule has 102 valence electrons. The van der Waals surface area contributed by atoms with E-state index >= 15 is 0 Å². The Hall–Kier alpha value is -1.94. The number of fused-ring (bicyclic) bond motifs is 1. The van der Waals surface area contributed by atoms with Crippen molar-refractivity contribution in [1.29, 1.82) is 0 Å². The Kier molecular flexibility index (Phi) is 3.18. The molecule has 0 saturated heterocycles. The molecule has 2 aromatic heterocycles.